The number of fused-ring (bicyclic) bond motifs is 5. The van der Waals surface area contributed by atoms with Crippen molar-refractivity contribution in [2.45, 2.75) is 38.6 Å². The number of piperazine rings is 1. The number of halogens is 1. The monoisotopic (exact) mass is 494 g/mol. The number of pyridine rings is 2. The predicted octanol–water partition coefficient (Wildman–Crippen LogP) is 1.63. The molecule has 0 aliphatic carbocycles. The molecule has 36 heavy (non-hydrogen) atoms. The Bertz CT molecular complexity index is 1480. The van der Waals surface area contributed by atoms with E-state index in [9.17, 15) is 19.1 Å². The van der Waals surface area contributed by atoms with Crippen LogP contribution < -0.4 is 15.6 Å². The van der Waals surface area contributed by atoms with Gasteiger partial charge in [-0.2, -0.15) is 0 Å². The predicted molar refractivity (Wildman–Crippen MR) is 129 cm³/mol. The number of aliphatic hydroxyl groups is 1. The second-order valence-corrected chi connectivity index (χ2v) is 9.55. The lowest BCUT2D eigenvalue weighted by Gasteiger charge is -2.31. The molecule has 1 saturated heterocycles. The largest absolute Gasteiger partial charge is 0.494 e. The van der Waals surface area contributed by atoms with Crippen LogP contribution in [0.15, 0.2) is 23.0 Å². The number of rotatable bonds is 4. The van der Waals surface area contributed by atoms with E-state index in [2.05, 4.69) is 10.2 Å². The van der Waals surface area contributed by atoms with Crippen LogP contribution in [-0.4, -0.2) is 58.8 Å². The van der Waals surface area contributed by atoms with Crippen molar-refractivity contribution in [2.24, 2.45) is 0 Å². The van der Waals surface area contributed by atoms with Crippen molar-refractivity contribution < 1.29 is 23.8 Å². The van der Waals surface area contributed by atoms with Gasteiger partial charge in [-0.05, 0) is 24.1 Å². The Balaban J connectivity index is 1.60. The van der Waals surface area contributed by atoms with Gasteiger partial charge in [-0.1, -0.05) is 6.92 Å². The molecule has 9 nitrogen and oxygen atoms in total. The number of hydrogen-bond acceptors (Lipinski definition) is 8. The van der Waals surface area contributed by atoms with Gasteiger partial charge in [0.2, 0.25) is 0 Å². The second kappa shape index (κ2) is 8.36. The summed E-state index contributed by atoms with van der Waals surface area (Å²) in [6.45, 7) is 5.86. The zero-order valence-corrected chi connectivity index (χ0v) is 20.2. The summed E-state index contributed by atoms with van der Waals surface area (Å²) < 4.78 is 26.7. The van der Waals surface area contributed by atoms with Crippen LogP contribution in [0.25, 0.3) is 22.3 Å². The Morgan fingerprint density at radius 3 is 2.72 bits per heavy atom. The smallest absolute Gasteiger partial charge is 0.343 e. The highest BCUT2D eigenvalue weighted by atomic mass is 19.1. The van der Waals surface area contributed by atoms with Crippen molar-refractivity contribution in [3.8, 4) is 17.1 Å². The van der Waals surface area contributed by atoms with E-state index in [1.165, 1.54) is 13.2 Å². The molecule has 0 spiro atoms. The molecule has 0 radical (unpaired) electrons. The second-order valence-electron chi connectivity index (χ2n) is 9.55. The average molecular weight is 495 g/mol. The molecule has 5 heterocycles. The number of ether oxygens (including phenoxy) is 2. The average Bonchev–Trinajstić information content (AvgIpc) is 3.25. The molecule has 1 fully saturated rings. The van der Waals surface area contributed by atoms with Gasteiger partial charge in [-0.3, -0.25) is 9.69 Å². The molecule has 0 bridgehead atoms. The van der Waals surface area contributed by atoms with Gasteiger partial charge in [0.05, 0.1) is 36.1 Å². The number of esters is 1. The van der Waals surface area contributed by atoms with Gasteiger partial charge in [0.15, 0.2) is 17.2 Å². The molecule has 0 amide bonds. The van der Waals surface area contributed by atoms with Crippen LogP contribution in [0.5, 0.6) is 5.75 Å². The molecule has 10 heteroatoms. The van der Waals surface area contributed by atoms with Gasteiger partial charge in [-0.25, -0.2) is 14.2 Å². The number of nitrogens with zero attached hydrogens (tertiary/aromatic N) is 3. The summed E-state index contributed by atoms with van der Waals surface area (Å²) in [6, 6.07) is 4.71. The van der Waals surface area contributed by atoms with Gasteiger partial charge >= 0.3 is 5.97 Å². The molecular weight excluding hydrogens is 467 g/mol. The minimum Gasteiger partial charge on any atom is -0.494 e. The first kappa shape index (κ1) is 23.1. The van der Waals surface area contributed by atoms with Crippen LogP contribution >= 0.6 is 0 Å². The third kappa shape index (κ3) is 3.28. The normalized spacial score (nSPS) is 21.2. The van der Waals surface area contributed by atoms with E-state index < -0.39 is 17.4 Å². The van der Waals surface area contributed by atoms with E-state index in [1.807, 2.05) is 0 Å². The molecule has 2 aromatic heterocycles. The van der Waals surface area contributed by atoms with E-state index in [4.69, 9.17) is 14.5 Å². The maximum absolute atomic E-state index is 14.7. The highest BCUT2D eigenvalue weighted by Crippen LogP contribution is 2.41. The first-order valence-electron chi connectivity index (χ1n) is 12.1. The summed E-state index contributed by atoms with van der Waals surface area (Å²) in [4.78, 5) is 33.1. The third-order valence-corrected chi connectivity index (χ3v) is 7.67. The molecule has 3 aromatic rings. The molecule has 2 N–H and O–H groups in total. The number of carbonyl (C=O) groups is 1. The van der Waals surface area contributed by atoms with E-state index >= 15 is 0 Å². The van der Waals surface area contributed by atoms with Gasteiger partial charge in [0.1, 0.15) is 6.61 Å². The summed E-state index contributed by atoms with van der Waals surface area (Å²) in [6.07, 6.45) is 0.0684. The van der Waals surface area contributed by atoms with E-state index in [0.29, 0.717) is 30.0 Å². The number of benzene rings is 1. The molecule has 0 unspecified atom stereocenters. The maximum Gasteiger partial charge on any atom is 0.343 e. The first-order chi connectivity index (χ1) is 17.4. The molecule has 6 rings (SSSR count). The van der Waals surface area contributed by atoms with Gasteiger partial charge in [-0.15, -0.1) is 0 Å². The molecule has 1 atom stereocenters. The van der Waals surface area contributed by atoms with Crippen LogP contribution in [-0.2, 0) is 34.8 Å². The summed E-state index contributed by atoms with van der Waals surface area (Å²) >= 11 is 0. The van der Waals surface area contributed by atoms with Crippen molar-refractivity contribution in [1.29, 1.82) is 0 Å². The minimum atomic E-state index is -1.90. The SMILES string of the molecule is CC[C@@]1(O)C(=O)OCc2c1cc1n(c2=O)Cc2c-1nc1cc(F)c(OC)cc1c2CN1CCNCC1. The lowest BCUT2D eigenvalue weighted by Crippen LogP contribution is -2.44. The maximum atomic E-state index is 14.7. The quantitative estimate of drug-likeness (QED) is 0.413. The van der Waals surface area contributed by atoms with Crippen LogP contribution in [0.1, 0.15) is 35.6 Å². The van der Waals surface area contributed by atoms with Crippen LogP contribution in [0.4, 0.5) is 4.39 Å². The van der Waals surface area contributed by atoms with Gasteiger partial charge in [0, 0.05) is 55.3 Å². The highest BCUT2D eigenvalue weighted by molar-refractivity contribution is 5.90. The number of methoxy groups -OCH3 is 1. The Kier molecular flexibility index (Phi) is 5.36. The van der Waals surface area contributed by atoms with Gasteiger partial charge in [0.25, 0.3) is 5.56 Å². The summed E-state index contributed by atoms with van der Waals surface area (Å²) in [7, 11) is 1.43. The zero-order chi connectivity index (χ0) is 25.2. The van der Waals surface area contributed by atoms with Crippen molar-refractivity contribution >= 4 is 16.9 Å². The summed E-state index contributed by atoms with van der Waals surface area (Å²) in [5, 5.41) is 15.3. The molecule has 0 saturated carbocycles. The molecule has 188 valence electrons. The number of carbonyl (C=O) groups excluding carboxylic acids is 1. The lowest BCUT2D eigenvalue weighted by atomic mass is 9.86. The number of cyclic esters (lactones) is 1. The van der Waals surface area contributed by atoms with E-state index in [0.717, 1.165) is 42.7 Å². The standard InChI is InChI=1S/C26H27FN4O5/c1-3-26(34)18-9-21-23-16(12-31(21)24(32)17(18)13-36-25(26)33)15(11-30-6-4-28-5-7-30)14-8-22(35-2)19(27)10-20(14)29-23/h8-10,28,34H,3-7,11-13H2,1-2H3/t26-/m0/s1. The fourth-order valence-corrected chi connectivity index (χ4v) is 5.59. The summed E-state index contributed by atoms with van der Waals surface area (Å²) in [5.74, 6) is -1.15. The Morgan fingerprint density at radius 2 is 2.00 bits per heavy atom. The third-order valence-electron chi connectivity index (χ3n) is 7.67. The Labute approximate surface area is 206 Å². The number of aromatic nitrogens is 2. The minimum absolute atomic E-state index is 0.0684. The summed E-state index contributed by atoms with van der Waals surface area (Å²) in [5.41, 5.74) is 1.70. The van der Waals surface area contributed by atoms with Crippen molar-refractivity contribution in [3.63, 3.8) is 0 Å². The first-order valence-corrected chi connectivity index (χ1v) is 12.1. The lowest BCUT2D eigenvalue weighted by molar-refractivity contribution is -0.172. The van der Waals surface area contributed by atoms with Crippen molar-refractivity contribution in [2.75, 3.05) is 33.3 Å². The topological polar surface area (TPSA) is 106 Å². The van der Waals surface area contributed by atoms with Gasteiger partial charge < -0.3 is 24.5 Å². The fourth-order valence-electron chi connectivity index (χ4n) is 5.59. The highest BCUT2D eigenvalue weighted by Gasteiger charge is 2.45. The van der Waals surface area contributed by atoms with Crippen LogP contribution in [0.3, 0.4) is 0 Å². The Morgan fingerprint density at radius 1 is 1.22 bits per heavy atom. The molecular formula is C26H27FN4O5. The van der Waals surface area contributed by atoms with Crippen molar-refractivity contribution in [3.05, 3.63) is 56.6 Å². The fraction of sp³-hybridized carbons (Fsp3) is 0.423. The van der Waals surface area contributed by atoms with Crippen LogP contribution in [0, 0.1) is 5.82 Å². The number of nitrogens with one attached hydrogen (secondary N) is 1. The molecule has 3 aliphatic heterocycles. The Hall–Kier alpha value is -3.34. The van der Waals surface area contributed by atoms with E-state index in [1.54, 1.807) is 23.6 Å². The van der Waals surface area contributed by atoms with E-state index in [-0.39, 0.29) is 35.5 Å². The zero-order valence-electron chi connectivity index (χ0n) is 20.2. The molecule has 3 aliphatic rings. The van der Waals surface area contributed by atoms with Crippen LogP contribution in [0.2, 0.25) is 0 Å². The number of hydrogen-bond donors (Lipinski definition) is 2. The van der Waals surface area contributed by atoms with Crippen molar-refractivity contribution in [1.82, 2.24) is 19.8 Å². The molecule has 1 aromatic carbocycles.